The number of nitrogens with one attached hydrogen (secondary N) is 1. The van der Waals surface area contributed by atoms with Gasteiger partial charge in [0.15, 0.2) is 0 Å². The molecule has 0 amide bonds. The van der Waals surface area contributed by atoms with Gasteiger partial charge in [0.25, 0.3) is 5.56 Å². The summed E-state index contributed by atoms with van der Waals surface area (Å²) in [4.78, 5) is 81.5. The molecule has 7 rings (SSSR count). The van der Waals surface area contributed by atoms with Crippen LogP contribution in [-0.2, 0) is 38.1 Å². The van der Waals surface area contributed by atoms with Crippen molar-refractivity contribution in [3.63, 3.8) is 0 Å². The molecule has 70 heavy (non-hydrogen) atoms. The summed E-state index contributed by atoms with van der Waals surface area (Å²) in [5.74, 6) is -0.134. The van der Waals surface area contributed by atoms with Gasteiger partial charge < -0.3 is 24.1 Å². The van der Waals surface area contributed by atoms with Crippen molar-refractivity contribution in [1.82, 2.24) is 9.55 Å². The largest absolute Gasteiger partial charge is 0.481 e. The summed E-state index contributed by atoms with van der Waals surface area (Å²) in [7, 11) is 0. The molecular weight excluding hydrogens is 895 g/mol. The molecule has 5 aliphatic carbocycles. The molecular formula is C54H81N5O11. The number of rotatable bonds is 16. The fourth-order valence-electron chi connectivity index (χ4n) is 16.2. The molecule has 0 radical (unpaired) electrons. The van der Waals surface area contributed by atoms with Crippen molar-refractivity contribution in [2.75, 3.05) is 13.2 Å². The summed E-state index contributed by atoms with van der Waals surface area (Å²) in [6.45, 7) is 28.0. The van der Waals surface area contributed by atoms with Crippen LogP contribution in [0.25, 0.3) is 10.4 Å². The fourth-order valence-corrected chi connectivity index (χ4v) is 16.2. The molecule has 2 heterocycles. The zero-order valence-electron chi connectivity index (χ0n) is 43.8. The van der Waals surface area contributed by atoms with E-state index in [2.05, 4.69) is 63.1 Å². The topological polar surface area (TPSA) is 229 Å². The number of carboxylic acid groups (broad SMARTS) is 1. The summed E-state index contributed by atoms with van der Waals surface area (Å²) in [5, 5.41) is 13.2. The van der Waals surface area contributed by atoms with Gasteiger partial charge in [-0.2, -0.15) is 0 Å². The molecule has 16 nitrogen and oxygen atoms in total. The van der Waals surface area contributed by atoms with Crippen LogP contribution in [0.4, 0.5) is 0 Å². The quantitative estimate of drug-likeness (QED) is 0.0395. The Morgan fingerprint density at radius 3 is 2.19 bits per heavy atom. The average Bonchev–Trinajstić information content (AvgIpc) is 3.83. The normalized spacial score (nSPS) is 36.5. The van der Waals surface area contributed by atoms with E-state index in [1.807, 2.05) is 27.7 Å². The molecule has 1 aromatic rings. The number of aromatic amines is 1. The smallest absolute Gasteiger partial charge is 0.330 e. The predicted molar refractivity (Wildman–Crippen MR) is 262 cm³/mol. The third-order valence-electron chi connectivity index (χ3n) is 19.7. The van der Waals surface area contributed by atoms with E-state index in [0.29, 0.717) is 41.8 Å². The van der Waals surface area contributed by atoms with Gasteiger partial charge in [0.05, 0.1) is 38.3 Å². The fraction of sp³-hybridized carbons (Fsp3) is 0.815. The first kappa shape index (κ1) is 53.4. The molecule has 0 aromatic carbocycles. The third-order valence-corrected chi connectivity index (χ3v) is 19.7. The van der Waals surface area contributed by atoms with Crippen molar-refractivity contribution >= 4 is 23.9 Å². The Hall–Kier alpha value is -4.43. The number of H-pyrrole nitrogens is 1. The second-order valence-corrected chi connectivity index (χ2v) is 25.8. The molecule has 1 unspecified atom stereocenters. The van der Waals surface area contributed by atoms with Crippen LogP contribution in [-0.4, -0.2) is 70.0 Å². The van der Waals surface area contributed by atoms with Gasteiger partial charge in [0.1, 0.15) is 25.0 Å². The van der Waals surface area contributed by atoms with Crippen LogP contribution in [0.2, 0.25) is 0 Å². The van der Waals surface area contributed by atoms with Gasteiger partial charge in [-0.3, -0.25) is 33.5 Å². The van der Waals surface area contributed by atoms with E-state index in [9.17, 15) is 39.4 Å². The summed E-state index contributed by atoms with van der Waals surface area (Å²) in [6, 6.07) is -0.724. The maximum atomic E-state index is 13.8. The molecule has 0 spiro atoms. The van der Waals surface area contributed by atoms with Gasteiger partial charge in [0.2, 0.25) is 0 Å². The van der Waals surface area contributed by atoms with Crippen LogP contribution in [0.15, 0.2) is 33.1 Å². The zero-order chi connectivity index (χ0) is 51.6. The van der Waals surface area contributed by atoms with Gasteiger partial charge in [-0.15, -0.1) is 0 Å². The van der Waals surface area contributed by atoms with Crippen LogP contribution >= 0.6 is 0 Å². The number of aromatic nitrogens is 2. The van der Waals surface area contributed by atoms with Crippen LogP contribution < -0.4 is 11.2 Å². The van der Waals surface area contributed by atoms with Crippen LogP contribution in [0.1, 0.15) is 177 Å². The van der Waals surface area contributed by atoms with Crippen LogP contribution in [0.3, 0.4) is 0 Å². The lowest BCUT2D eigenvalue weighted by Crippen LogP contribution is -2.67. The van der Waals surface area contributed by atoms with E-state index in [1.165, 1.54) is 16.3 Å². The van der Waals surface area contributed by atoms with Crippen LogP contribution in [0.5, 0.6) is 0 Å². The Bertz CT molecular complexity index is 2400. The van der Waals surface area contributed by atoms with Crippen molar-refractivity contribution < 1.29 is 43.2 Å². The van der Waals surface area contributed by atoms with Gasteiger partial charge in [-0.05, 0) is 140 Å². The first-order valence-corrected chi connectivity index (χ1v) is 25.9. The Morgan fingerprint density at radius 2 is 1.53 bits per heavy atom. The molecule has 6 fully saturated rings. The maximum absolute atomic E-state index is 13.8. The number of carbonyl (C=O) groups is 4. The number of hydrogen-bond acceptors (Lipinski definition) is 11. The molecule has 16 heteroatoms. The van der Waals surface area contributed by atoms with E-state index in [0.717, 1.165) is 64.2 Å². The standard InChI is InChI=1S/C54H81N5O11/c1-31(2)33-15-20-54(30-68-43(63)26-49(6,7)25-42(62)67-29-36-35(57-58-55)23-40(69-36)59-28-32(3)46(65)56-47(59)66)22-21-52(11)34(45(33)54)13-14-38-51(10)18-17-39(50(8,9)37(51)16-19-53(38,52)12)70-44(64)27-48(4,5)24-41(60)61/h28,33-40,45H,1,13-27,29-30H2,2-12H3,(H,60,61)(H,56,65,66)/t33-,34+,35?,36+,37-,38+,39-,40+,45+,51-,52+,53+,54+/m0/s1. The number of hydrogen-bond donors (Lipinski definition) is 2. The second-order valence-electron chi connectivity index (χ2n) is 25.8. The molecule has 6 aliphatic rings. The molecule has 13 atom stereocenters. The summed E-state index contributed by atoms with van der Waals surface area (Å²) >= 11 is 0. The number of aliphatic carboxylic acids is 1. The lowest BCUT2D eigenvalue weighted by atomic mass is 9.32. The summed E-state index contributed by atoms with van der Waals surface area (Å²) in [6.07, 6.45) is 9.80. The monoisotopic (exact) mass is 976 g/mol. The Morgan fingerprint density at radius 1 is 0.871 bits per heavy atom. The van der Waals surface area contributed by atoms with E-state index < -0.39 is 52.4 Å². The highest BCUT2D eigenvalue weighted by molar-refractivity contribution is 5.74. The number of allylic oxidation sites excluding steroid dienone is 1. The highest BCUT2D eigenvalue weighted by Gasteiger charge is 2.71. The van der Waals surface area contributed by atoms with E-state index >= 15 is 0 Å². The molecule has 2 N–H and O–H groups in total. The van der Waals surface area contributed by atoms with Crippen molar-refractivity contribution in [3.05, 3.63) is 55.2 Å². The van der Waals surface area contributed by atoms with E-state index in [-0.39, 0.29) is 83.8 Å². The number of aryl methyl sites for hydroxylation is 1. The second kappa shape index (κ2) is 19.2. The molecule has 388 valence electrons. The molecule has 0 bridgehead atoms. The number of nitrogens with zero attached hydrogens (tertiary/aromatic N) is 4. The minimum atomic E-state index is -0.915. The van der Waals surface area contributed by atoms with E-state index in [1.54, 1.807) is 6.92 Å². The Kier molecular flexibility index (Phi) is 14.6. The van der Waals surface area contributed by atoms with Gasteiger partial charge in [-0.1, -0.05) is 79.6 Å². The first-order valence-electron chi connectivity index (χ1n) is 25.9. The Balaban J connectivity index is 0.981. The van der Waals surface area contributed by atoms with Crippen molar-refractivity contribution in [1.29, 1.82) is 0 Å². The van der Waals surface area contributed by atoms with Crippen molar-refractivity contribution in [2.45, 2.75) is 197 Å². The molecule has 5 saturated carbocycles. The highest BCUT2D eigenvalue weighted by atomic mass is 16.6. The Labute approximate surface area is 413 Å². The minimum absolute atomic E-state index is 0.0182. The molecule has 1 aromatic heterocycles. The van der Waals surface area contributed by atoms with E-state index in [4.69, 9.17) is 18.9 Å². The number of carbonyl (C=O) groups excluding carboxylic acids is 3. The maximum Gasteiger partial charge on any atom is 0.330 e. The van der Waals surface area contributed by atoms with Gasteiger partial charge >= 0.3 is 29.6 Å². The highest BCUT2D eigenvalue weighted by Crippen LogP contribution is 2.77. The number of carboxylic acids is 1. The number of fused-ring (bicyclic) bond motifs is 7. The SMILES string of the molecule is C=C(C)[C@@H]1CC[C@]2(COC(=O)CC(C)(C)CC(=O)OC[C@H]3O[C@@H](n4cc(C)c(=O)[nH]c4=O)CC3N=[N+]=[N-])CC[C@]3(C)[C@H](CC[C@@H]4[C@@]5(C)CC[C@H](OC(=O)CC(C)(C)CC(=O)O)C(C)(C)[C@@H]5CC[C@]43C)[C@@H]12. The molecule has 1 saturated heterocycles. The number of ether oxygens (including phenoxy) is 4. The zero-order valence-corrected chi connectivity index (χ0v) is 43.8. The predicted octanol–water partition coefficient (Wildman–Crippen LogP) is 10.2. The van der Waals surface area contributed by atoms with Crippen molar-refractivity contribution in [3.8, 4) is 0 Å². The van der Waals surface area contributed by atoms with Crippen molar-refractivity contribution in [2.24, 2.45) is 72.6 Å². The van der Waals surface area contributed by atoms with Gasteiger partial charge in [-0.25, -0.2) is 4.79 Å². The molecule has 1 aliphatic heterocycles. The average molecular weight is 976 g/mol. The third kappa shape index (κ3) is 9.90. The number of esters is 3. The summed E-state index contributed by atoms with van der Waals surface area (Å²) in [5.41, 5.74) is 7.90. The minimum Gasteiger partial charge on any atom is -0.481 e. The first-order chi connectivity index (χ1) is 32.5. The number of azide groups is 1. The van der Waals surface area contributed by atoms with Crippen LogP contribution in [0, 0.1) is 74.4 Å². The summed E-state index contributed by atoms with van der Waals surface area (Å²) < 4.78 is 25.5. The lowest BCUT2D eigenvalue weighted by molar-refractivity contribution is -0.252. The van der Waals surface area contributed by atoms with Gasteiger partial charge in [0, 0.05) is 33.9 Å². The lowest BCUT2D eigenvalue weighted by Gasteiger charge is -2.73.